The van der Waals surface area contributed by atoms with E-state index in [0.717, 1.165) is 18.7 Å². The first-order valence-corrected chi connectivity index (χ1v) is 4.93. The van der Waals surface area contributed by atoms with Crippen molar-refractivity contribution >= 4 is 5.82 Å². The normalized spacial score (nSPS) is 9.86. The molecule has 1 aromatic rings. The SMILES string of the molecule is CCC(CC)Nc1cccc(C#N)n1. The summed E-state index contributed by atoms with van der Waals surface area (Å²) in [4.78, 5) is 4.15. The highest BCUT2D eigenvalue weighted by molar-refractivity contribution is 5.39. The summed E-state index contributed by atoms with van der Waals surface area (Å²) in [7, 11) is 0. The molecule has 1 rings (SSSR count). The highest BCUT2D eigenvalue weighted by Gasteiger charge is 2.03. The lowest BCUT2D eigenvalue weighted by molar-refractivity contribution is 0.668. The molecule has 0 fully saturated rings. The average Bonchev–Trinajstić information content (AvgIpc) is 2.26. The molecule has 0 atom stereocenters. The van der Waals surface area contributed by atoms with Crippen LogP contribution in [-0.4, -0.2) is 11.0 Å². The second-order valence-corrected chi connectivity index (χ2v) is 3.18. The van der Waals surface area contributed by atoms with Crippen LogP contribution in [0.1, 0.15) is 32.4 Å². The molecule has 74 valence electrons. The van der Waals surface area contributed by atoms with Crippen molar-refractivity contribution in [1.82, 2.24) is 4.98 Å². The van der Waals surface area contributed by atoms with Crippen LogP contribution in [0.15, 0.2) is 18.2 Å². The van der Waals surface area contributed by atoms with Gasteiger partial charge in [0.15, 0.2) is 0 Å². The predicted molar refractivity (Wildman–Crippen MR) is 56.9 cm³/mol. The van der Waals surface area contributed by atoms with Gasteiger partial charge in [0.2, 0.25) is 0 Å². The molecular formula is C11H15N3. The summed E-state index contributed by atoms with van der Waals surface area (Å²) in [6, 6.07) is 7.90. The van der Waals surface area contributed by atoms with Crippen LogP contribution in [0.3, 0.4) is 0 Å². The van der Waals surface area contributed by atoms with Gasteiger partial charge in [-0.15, -0.1) is 0 Å². The third-order valence-corrected chi connectivity index (χ3v) is 2.20. The van der Waals surface area contributed by atoms with Gasteiger partial charge in [-0.05, 0) is 25.0 Å². The van der Waals surface area contributed by atoms with E-state index in [1.807, 2.05) is 18.2 Å². The Labute approximate surface area is 84.8 Å². The van der Waals surface area contributed by atoms with E-state index in [4.69, 9.17) is 5.26 Å². The molecule has 0 aliphatic rings. The van der Waals surface area contributed by atoms with Crippen LogP contribution in [0.2, 0.25) is 0 Å². The fourth-order valence-corrected chi connectivity index (χ4v) is 1.28. The van der Waals surface area contributed by atoms with Crippen molar-refractivity contribution in [3.8, 4) is 6.07 Å². The molecule has 0 radical (unpaired) electrons. The monoisotopic (exact) mass is 189 g/mol. The molecule has 14 heavy (non-hydrogen) atoms. The lowest BCUT2D eigenvalue weighted by Gasteiger charge is -2.14. The molecular weight excluding hydrogens is 174 g/mol. The van der Waals surface area contributed by atoms with Crippen molar-refractivity contribution in [2.24, 2.45) is 0 Å². The standard InChI is InChI=1S/C11H15N3/c1-3-9(4-2)13-11-7-5-6-10(8-12)14-11/h5-7,9H,3-4H2,1-2H3,(H,13,14). The Hall–Kier alpha value is -1.56. The summed E-state index contributed by atoms with van der Waals surface area (Å²) in [5, 5.41) is 12.0. The van der Waals surface area contributed by atoms with Crippen LogP contribution in [0.5, 0.6) is 0 Å². The number of nitriles is 1. The molecule has 0 saturated heterocycles. The number of aromatic nitrogens is 1. The van der Waals surface area contributed by atoms with Crippen molar-refractivity contribution in [1.29, 1.82) is 5.26 Å². The van der Waals surface area contributed by atoms with Gasteiger partial charge in [0, 0.05) is 6.04 Å². The van der Waals surface area contributed by atoms with Gasteiger partial charge in [-0.25, -0.2) is 4.98 Å². The summed E-state index contributed by atoms with van der Waals surface area (Å²) in [6.07, 6.45) is 2.13. The number of rotatable bonds is 4. The summed E-state index contributed by atoms with van der Waals surface area (Å²) < 4.78 is 0. The molecule has 3 nitrogen and oxygen atoms in total. The molecule has 0 amide bonds. The van der Waals surface area contributed by atoms with E-state index in [-0.39, 0.29) is 0 Å². The van der Waals surface area contributed by atoms with Gasteiger partial charge in [-0.2, -0.15) is 5.26 Å². The number of hydrogen-bond donors (Lipinski definition) is 1. The Morgan fingerprint density at radius 1 is 1.43 bits per heavy atom. The minimum atomic E-state index is 0.441. The molecule has 0 saturated carbocycles. The lowest BCUT2D eigenvalue weighted by Crippen LogP contribution is -2.17. The number of anilines is 1. The minimum absolute atomic E-state index is 0.441. The van der Waals surface area contributed by atoms with E-state index in [1.54, 1.807) is 6.07 Å². The highest BCUT2D eigenvalue weighted by Crippen LogP contribution is 2.09. The maximum atomic E-state index is 8.67. The fraction of sp³-hybridized carbons (Fsp3) is 0.455. The lowest BCUT2D eigenvalue weighted by atomic mass is 10.2. The largest absolute Gasteiger partial charge is 0.367 e. The van der Waals surface area contributed by atoms with Crippen molar-refractivity contribution in [2.75, 3.05) is 5.32 Å². The van der Waals surface area contributed by atoms with Crippen LogP contribution < -0.4 is 5.32 Å². The predicted octanol–water partition coefficient (Wildman–Crippen LogP) is 2.55. The first-order valence-electron chi connectivity index (χ1n) is 4.93. The molecule has 1 aromatic heterocycles. The van der Waals surface area contributed by atoms with E-state index in [2.05, 4.69) is 24.1 Å². The first-order chi connectivity index (χ1) is 6.80. The van der Waals surface area contributed by atoms with Crippen molar-refractivity contribution < 1.29 is 0 Å². The zero-order valence-corrected chi connectivity index (χ0v) is 8.62. The van der Waals surface area contributed by atoms with Gasteiger partial charge in [0.05, 0.1) is 0 Å². The third-order valence-electron chi connectivity index (χ3n) is 2.20. The molecule has 1 heterocycles. The van der Waals surface area contributed by atoms with Crippen LogP contribution in [-0.2, 0) is 0 Å². The molecule has 0 spiro atoms. The molecule has 1 N–H and O–H groups in total. The Kier molecular flexibility index (Phi) is 3.93. The molecule has 0 aliphatic carbocycles. The molecule has 0 aliphatic heterocycles. The van der Waals surface area contributed by atoms with Crippen LogP contribution in [0.4, 0.5) is 5.82 Å². The Bertz CT molecular complexity index is 324. The quantitative estimate of drug-likeness (QED) is 0.791. The Morgan fingerprint density at radius 3 is 2.71 bits per heavy atom. The zero-order valence-electron chi connectivity index (χ0n) is 8.62. The highest BCUT2D eigenvalue weighted by atomic mass is 15.0. The number of nitrogens with one attached hydrogen (secondary N) is 1. The summed E-state index contributed by atoms with van der Waals surface area (Å²) in [5.74, 6) is 0.790. The number of nitrogens with zero attached hydrogens (tertiary/aromatic N) is 2. The van der Waals surface area contributed by atoms with Crippen LogP contribution >= 0.6 is 0 Å². The fourth-order valence-electron chi connectivity index (χ4n) is 1.28. The smallest absolute Gasteiger partial charge is 0.142 e. The van der Waals surface area contributed by atoms with E-state index >= 15 is 0 Å². The van der Waals surface area contributed by atoms with Gasteiger partial charge in [0.25, 0.3) is 0 Å². The summed E-state index contributed by atoms with van der Waals surface area (Å²) >= 11 is 0. The number of pyridine rings is 1. The van der Waals surface area contributed by atoms with Crippen LogP contribution in [0, 0.1) is 11.3 Å². The van der Waals surface area contributed by atoms with E-state index in [1.165, 1.54) is 0 Å². The third kappa shape index (κ3) is 2.74. The van der Waals surface area contributed by atoms with Crippen molar-refractivity contribution in [3.05, 3.63) is 23.9 Å². The van der Waals surface area contributed by atoms with Crippen molar-refractivity contribution in [3.63, 3.8) is 0 Å². The van der Waals surface area contributed by atoms with Gasteiger partial charge in [0.1, 0.15) is 17.6 Å². The first kappa shape index (κ1) is 10.5. The van der Waals surface area contributed by atoms with Crippen molar-refractivity contribution in [2.45, 2.75) is 32.7 Å². The summed E-state index contributed by atoms with van der Waals surface area (Å²) in [6.45, 7) is 4.27. The van der Waals surface area contributed by atoms with Gasteiger partial charge in [-0.1, -0.05) is 19.9 Å². The topological polar surface area (TPSA) is 48.7 Å². The van der Waals surface area contributed by atoms with E-state index in [0.29, 0.717) is 11.7 Å². The Morgan fingerprint density at radius 2 is 2.14 bits per heavy atom. The molecule has 0 aromatic carbocycles. The second-order valence-electron chi connectivity index (χ2n) is 3.18. The van der Waals surface area contributed by atoms with Gasteiger partial charge >= 0.3 is 0 Å². The maximum Gasteiger partial charge on any atom is 0.142 e. The molecule has 0 unspecified atom stereocenters. The van der Waals surface area contributed by atoms with E-state index in [9.17, 15) is 0 Å². The molecule has 3 heteroatoms. The van der Waals surface area contributed by atoms with Gasteiger partial charge < -0.3 is 5.32 Å². The maximum absolute atomic E-state index is 8.67. The zero-order chi connectivity index (χ0) is 10.4. The Balaban J connectivity index is 2.72. The molecule has 0 bridgehead atoms. The number of hydrogen-bond acceptors (Lipinski definition) is 3. The minimum Gasteiger partial charge on any atom is -0.367 e. The average molecular weight is 189 g/mol. The summed E-state index contributed by atoms with van der Waals surface area (Å²) in [5.41, 5.74) is 0.459. The van der Waals surface area contributed by atoms with Crippen LogP contribution in [0.25, 0.3) is 0 Å². The van der Waals surface area contributed by atoms with E-state index < -0.39 is 0 Å². The van der Waals surface area contributed by atoms with Gasteiger partial charge in [-0.3, -0.25) is 0 Å². The second kappa shape index (κ2) is 5.23.